The minimum atomic E-state index is -0.679. The molecule has 2 fully saturated rings. The molecule has 1 aliphatic carbocycles. The summed E-state index contributed by atoms with van der Waals surface area (Å²) in [5, 5.41) is 21.3. The number of aromatic nitrogens is 4. The summed E-state index contributed by atoms with van der Waals surface area (Å²) in [7, 11) is 1.80. The van der Waals surface area contributed by atoms with E-state index in [1.165, 1.54) is 0 Å². The van der Waals surface area contributed by atoms with E-state index in [0.717, 1.165) is 56.3 Å². The van der Waals surface area contributed by atoms with E-state index in [2.05, 4.69) is 25.7 Å². The second-order valence-corrected chi connectivity index (χ2v) is 8.50. The third kappa shape index (κ3) is 5.31. The fraction of sp³-hybridized carbons (Fsp3) is 0.619. The van der Waals surface area contributed by atoms with Crippen LogP contribution < -0.4 is 16.4 Å². The number of anilines is 2. The van der Waals surface area contributed by atoms with Crippen molar-refractivity contribution in [3.8, 4) is 11.3 Å². The highest BCUT2D eigenvalue weighted by molar-refractivity contribution is 5.76. The first-order valence-electron chi connectivity index (χ1n) is 11.1. The maximum absolute atomic E-state index is 11.9. The highest BCUT2D eigenvalue weighted by atomic mass is 16.3. The number of nitrogens with zero attached hydrogens (tertiary/aromatic N) is 5. The first-order valence-corrected chi connectivity index (χ1v) is 11.1. The number of hydrogen-bond donors (Lipinski definition) is 4. The van der Waals surface area contributed by atoms with Crippen LogP contribution in [0.1, 0.15) is 44.9 Å². The molecular formula is C21H32N8O2. The van der Waals surface area contributed by atoms with Crippen LogP contribution in [0.5, 0.6) is 0 Å². The van der Waals surface area contributed by atoms with E-state index in [4.69, 9.17) is 5.73 Å². The van der Waals surface area contributed by atoms with E-state index < -0.39 is 6.23 Å². The molecule has 0 bridgehead atoms. The van der Waals surface area contributed by atoms with E-state index in [9.17, 15) is 9.90 Å². The number of aliphatic hydroxyl groups excluding tert-OH is 1. The molecule has 2 aliphatic rings. The van der Waals surface area contributed by atoms with Crippen LogP contribution in [0, 0.1) is 0 Å². The topological polar surface area (TPSA) is 134 Å². The van der Waals surface area contributed by atoms with Gasteiger partial charge in [0, 0.05) is 38.3 Å². The van der Waals surface area contributed by atoms with Crippen LogP contribution in [0.15, 0.2) is 18.5 Å². The lowest BCUT2D eigenvalue weighted by molar-refractivity contribution is -0.135. The van der Waals surface area contributed by atoms with Gasteiger partial charge < -0.3 is 21.1 Å². The minimum absolute atomic E-state index is 0.148. The van der Waals surface area contributed by atoms with Crippen molar-refractivity contribution in [2.45, 2.75) is 63.3 Å². The van der Waals surface area contributed by atoms with Crippen LogP contribution in [0.25, 0.3) is 11.3 Å². The van der Waals surface area contributed by atoms with Gasteiger partial charge in [0.2, 0.25) is 11.9 Å². The van der Waals surface area contributed by atoms with Gasteiger partial charge >= 0.3 is 0 Å². The van der Waals surface area contributed by atoms with Gasteiger partial charge in [0.15, 0.2) is 0 Å². The molecule has 0 spiro atoms. The molecule has 1 aliphatic heterocycles. The molecule has 0 radical (unpaired) electrons. The Kier molecular flexibility index (Phi) is 6.67. The average Bonchev–Trinajstić information content (AvgIpc) is 3.10. The highest BCUT2D eigenvalue weighted by Crippen LogP contribution is 2.25. The lowest BCUT2D eigenvalue weighted by atomic mass is 9.91. The van der Waals surface area contributed by atoms with Crippen LogP contribution >= 0.6 is 0 Å². The Hall–Kier alpha value is -2.72. The number of hydrogen-bond acceptors (Lipinski definition) is 8. The third-order valence-electron chi connectivity index (χ3n) is 6.22. The van der Waals surface area contributed by atoms with Crippen molar-refractivity contribution < 1.29 is 9.90 Å². The molecule has 4 rings (SSSR count). The number of carbonyl (C=O) groups excluding carboxylic acids is 1. The number of amides is 1. The molecular weight excluding hydrogens is 396 g/mol. The van der Waals surface area contributed by atoms with Crippen LogP contribution in [0.2, 0.25) is 0 Å². The number of aryl methyl sites for hydroxylation is 1. The Morgan fingerprint density at radius 2 is 2.03 bits per heavy atom. The largest absolute Gasteiger partial charge is 0.383 e. The number of nitrogens with two attached hydrogens (primary N) is 1. The van der Waals surface area contributed by atoms with Crippen molar-refractivity contribution in [3.63, 3.8) is 0 Å². The zero-order valence-electron chi connectivity index (χ0n) is 18.0. The van der Waals surface area contributed by atoms with E-state index in [0.29, 0.717) is 24.7 Å². The molecule has 1 amide bonds. The molecule has 1 unspecified atom stereocenters. The number of piperidine rings is 1. The van der Waals surface area contributed by atoms with Gasteiger partial charge in [-0.15, -0.1) is 0 Å². The summed E-state index contributed by atoms with van der Waals surface area (Å²) in [5.74, 6) is 1.30. The first-order chi connectivity index (χ1) is 15.0. The standard InChI is InChI=1S/C21H32N8O2/c1-28-20(22)16(12-24-28)17-9-10-23-21(27-17)26-15-7-5-14(6-8-15)25-18(30)13-29-11-3-2-4-19(29)31/h9-10,12,14-15,18,25,30H,2-8,11,13,22H2,1H3,(H,23,26,27). The molecule has 5 N–H and O–H groups in total. The molecule has 1 saturated carbocycles. The quantitative estimate of drug-likeness (QED) is 0.482. The monoisotopic (exact) mass is 428 g/mol. The number of likely N-dealkylation sites (tertiary alicyclic amines) is 1. The zero-order valence-corrected chi connectivity index (χ0v) is 18.0. The number of nitrogen functional groups attached to an aromatic ring is 1. The lowest BCUT2D eigenvalue weighted by Crippen LogP contribution is -2.49. The fourth-order valence-electron chi connectivity index (χ4n) is 4.40. The molecule has 2 aromatic heterocycles. The molecule has 2 aromatic rings. The SMILES string of the molecule is Cn1ncc(-c2ccnc(NC3CCC(NC(O)CN4CCCCC4=O)CC3)n2)c1N. The summed E-state index contributed by atoms with van der Waals surface area (Å²) in [6.45, 7) is 1.12. The molecule has 3 heterocycles. The maximum atomic E-state index is 11.9. The summed E-state index contributed by atoms with van der Waals surface area (Å²) in [6, 6.07) is 2.35. The molecule has 10 heteroatoms. The molecule has 1 saturated heterocycles. The number of rotatable bonds is 7. The van der Waals surface area contributed by atoms with Gasteiger partial charge in [0.25, 0.3) is 0 Å². The van der Waals surface area contributed by atoms with Gasteiger partial charge in [-0.2, -0.15) is 5.10 Å². The van der Waals surface area contributed by atoms with E-state index in [1.54, 1.807) is 29.0 Å². The number of aliphatic hydroxyl groups is 1. The Labute approximate surface area is 182 Å². The van der Waals surface area contributed by atoms with E-state index >= 15 is 0 Å². The smallest absolute Gasteiger partial charge is 0.223 e. The first kappa shape index (κ1) is 21.5. The molecule has 1 atom stereocenters. The van der Waals surface area contributed by atoms with Crippen molar-refractivity contribution in [1.82, 2.24) is 30.0 Å². The second kappa shape index (κ2) is 9.61. The number of β-amino-alcohol motifs (C(OH)–C–C–N with tert-alkyl or cyclic N) is 1. The van der Waals surface area contributed by atoms with Gasteiger partial charge in [0.1, 0.15) is 12.0 Å². The van der Waals surface area contributed by atoms with Crippen molar-refractivity contribution in [2.75, 3.05) is 24.1 Å². The van der Waals surface area contributed by atoms with Gasteiger partial charge in [-0.1, -0.05) is 0 Å². The van der Waals surface area contributed by atoms with Gasteiger partial charge in [-0.05, 0) is 44.6 Å². The van der Waals surface area contributed by atoms with Crippen molar-refractivity contribution in [1.29, 1.82) is 0 Å². The summed E-state index contributed by atoms with van der Waals surface area (Å²) in [4.78, 5) is 22.7. The second-order valence-electron chi connectivity index (χ2n) is 8.50. The van der Waals surface area contributed by atoms with E-state index in [1.807, 2.05) is 6.07 Å². The van der Waals surface area contributed by atoms with Gasteiger partial charge in [-0.3, -0.25) is 14.8 Å². The molecule has 0 aromatic carbocycles. The zero-order chi connectivity index (χ0) is 21.8. The number of carbonyl (C=O) groups is 1. The third-order valence-corrected chi connectivity index (χ3v) is 6.22. The normalized spacial score (nSPS) is 23.0. The highest BCUT2D eigenvalue weighted by Gasteiger charge is 2.26. The molecule has 10 nitrogen and oxygen atoms in total. The minimum Gasteiger partial charge on any atom is -0.383 e. The van der Waals surface area contributed by atoms with Crippen LogP contribution in [-0.2, 0) is 11.8 Å². The Balaban J connectivity index is 1.25. The van der Waals surface area contributed by atoms with Crippen LogP contribution in [0.4, 0.5) is 11.8 Å². The van der Waals surface area contributed by atoms with Gasteiger partial charge in [0.05, 0.1) is 24.0 Å². The van der Waals surface area contributed by atoms with E-state index in [-0.39, 0.29) is 18.0 Å². The molecule has 31 heavy (non-hydrogen) atoms. The summed E-state index contributed by atoms with van der Waals surface area (Å²) < 4.78 is 1.62. The van der Waals surface area contributed by atoms with Gasteiger partial charge in [-0.25, -0.2) is 9.97 Å². The summed E-state index contributed by atoms with van der Waals surface area (Å²) in [5.41, 5.74) is 7.60. The maximum Gasteiger partial charge on any atom is 0.223 e. The van der Waals surface area contributed by atoms with Crippen molar-refractivity contribution in [2.24, 2.45) is 7.05 Å². The predicted octanol–water partition coefficient (Wildman–Crippen LogP) is 1.10. The predicted molar refractivity (Wildman–Crippen MR) is 118 cm³/mol. The Bertz CT molecular complexity index is 893. The van der Waals surface area contributed by atoms with Crippen LogP contribution in [0.3, 0.4) is 0 Å². The Morgan fingerprint density at radius 1 is 1.26 bits per heavy atom. The Morgan fingerprint density at radius 3 is 2.74 bits per heavy atom. The fourth-order valence-corrected chi connectivity index (χ4v) is 4.40. The van der Waals surface area contributed by atoms with Crippen molar-refractivity contribution >= 4 is 17.7 Å². The summed E-state index contributed by atoms with van der Waals surface area (Å²) >= 11 is 0. The van der Waals surface area contributed by atoms with Crippen molar-refractivity contribution in [3.05, 3.63) is 18.5 Å². The number of nitrogens with one attached hydrogen (secondary N) is 2. The lowest BCUT2D eigenvalue weighted by Gasteiger charge is -2.33. The molecule has 168 valence electrons. The summed E-state index contributed by atoms with van der Waals surface area (Å²) in [6.07, 6.45) is 9.12. The van der Waals surface area contributed by atoms with Crippen LogP contribution in [-0.4, -0.2) is 67.1 Å². The average molecular weight is 429 g/mol.